The third-order valence-corrected chi connectivity index (χ3v) is 3.32. The van der Waals surface area contributed by atoms with Crippen LogP contribution in [-0.2, 0) is 4.84 Å². The fourth-order valence-electron chi connectivity index (χ4n) is 2.19. The van der Waals surface area contributed by atoms with Gasteiger partial charge in [0.25, 0.3) is 0 Å². The van der Waals surface area contributed by atoms with Crippen LogP contribution < -0.4 is 4.74 Å². The molecule has 0 radical (unpaired) electrons. The summed E-state index contributed by atoms with van der Waals surface area (Å²) in [6.45, 7) is 0.800. The highest BCUT2D eigenvalue weighted by Crippen LogP contribution is 2.11. The maximum Gasteiger partial charge on any atom is 0.151 e. The van der Waals surface area contributed by atoms with Gasteiger partial charge in [-0.3, -0.25) is 4.98 Å². The minimum absolute atomic E-state index is 0.367. The van der Waals surface area contributed by atoms with Gasteiger partial charge in [0.15, 0.2) is 6.61 Å². The molecule has 0 spiro atoms. The first kappa shape index (κ1) is 15.7. The average Bonchev–Trinajstić information content (AvgIpc) is 2.67. The van der Waals surface area contributed by atoms with Crippen molar-refractivity contribution in [2.75, 3.05) is 13.2 Å². The molecule has 0 N–H and O–H groups in total. The van der Waals surface area contributed by atoms with Crippen molar-refractivity contribution in [2.24, 2.45) is 5.16 Å². The first-order valence-corrected chi connectivity index (χ1v) is 7.77. The minimum Gasteiger partial charge on any atom is -0.490 e. The van der Waals surface area contributed by atoms with Gasteiger partial charge < -0.3 is 9.57 Å². The highest BCUT2D eigenvalue weighted by Gasteiger charge is 2.07. The molecule has 0 amide bonds. The van der Waals surface area contributed by atoms with Gasteiger partial charge in [-0.25, -0.2) is 0 Å². The Kier molecular flexibility index (Phi) is 5.56. The van der Waals surface area contributed by atoms with Crippen LogP contribution in [0.2, 0.25) is 0 Å². The number of benzene rings is 2. The summed E-state index contributed by atoms with van der Waals surface area (Å²) in [5.74, 6) is 0.820. The lowest BCUT2D eigenvalue weighted by atomic mass is 10.0. The Morgan fingerprint density at radius 3 is 2.21 bits per heavy atom. The molecule has 0 saturated carbocycles. The molecule has 0 bridgehead atoms. The Morgan fingerprint density at radius 2 is 1.50 bits per heavy atom. The normalized spacial score (nSPS) is 11.1. The van der Waals surface area contributed by atoms with Crippen molar-refractivity contribution in [2.45, 2.75) is 0 Å². The zero-order valence-corrected chi connectivity index (χ0v) is 13.2. The van der Waals surface area contributed by atoms with Crippen molar-refractivity contribution >= 4 is 5.71 Å². The van der Waals surface area contributed by atoms with Gasteiger partial charge in [0.1, 0.15) is 18.1 Å². The van der Waals surface area contributed by atoms with Crippen molar-refractivity contribution in [1.29, 1.82) is 0 Å². The zero-order chi connectivity index (χ0) is 16.5. The van der Waals surface area contributed by atoms with E-state index in [9.17, 15) is 0 Å². The molecule has 0 saturated heterocycles. The van der Waals surface area contributed by atoms with Gasteiger partial charge in [-0.15, -0.1) is 0 Å². The Labute approximate surface area is 141 Å². The number of nitrogens with zero attached hydrogens (tertiary/aromatic N) is 2. The van der Waals surface area contributed by atoms with E-state index in [1.807, 2.05) is 72.8 Å². The summed E-state index contributed by atoms with van der Waals surface area (Å²) in [4.78, 5) is 9.62. The summed E-state index contributed by atoms with van der Waals surface area (Å²) in [7, 11) is 0. The van der Waals surface area contributed by atoms with Crippen LogP contribution in [0.25, 0.3) is 0 Å². The summed E-state index contributed by atoms with van der Waals surface area (Å²) in [5, 5.41) is 4.29. The van der Waals surface area contributed by atoms with Crippen LogP contribution in [0.3, 0.4) is 0 Å². The van der Waals surface area contributed by atoms with Crippen LogP contribution in [-0.4, -0.2) is 23.9 Å². The number of oxime groups is 1. The van der Waals surface area contributed by atoms with E-state index in [1.54, 1.807) is 12.4 Å². The first-order chi connectivity index (χ1) is 11.9. The van der Waals surface area contributed by atoms with Crippen LogP contribution in [0.5, 0.6) is 5.75 Å². The summed E-state index contributed by atoms with van der Waals surface area (Å²) < 4.78 is 5.59. The number of hydrogen-bond donors (Lipinski definition) is 0. The molecule has 1 aromatic heterocycles. The third kappa shape index (κ3) is 4.43. The standard InChI is InChI=1S/C20H18N2O2/c1-3-8-17(9-4-1)20(18-10-7-13-21-16-18)22-24-15-14-23-19-11-5-2-6-12-19/h1-13,16H,14-15H2. The van der Waals surface area contributed by atoms with E-state index in [1.165, 1.54) is 0 Å². The van der Waals surface area contributed by atoms with Gasteiger partial charge in [-0.2, -0.15) is 0 Å². The molecular formula is C20H18N2O2. The maximum absolute atomic E-state index is 5.59. The van der Waals surface area contributed by atoms with Gasteiger partial charge in [-0.05, 0) is 24.3 Å². The predicted octanol–water partition coefficient (Wildman–Crippen LogP) is 3.93. The number of ether oxygens (including phenoxy) is 1. The lowest BCUT2D eigenvalue weighted by Gasteiger charge is -2.08. The van der Waals surface area contributed by atoms with E-state index in [0.29, 0.717) is 13.2 Å². The molecule has 0 aliphatic rings. The van der Waals surface area contributed by atoms with Gasteiger partial charge in [0, 0.05) is 23.5 Å². The van der Waals surface area contributed by atoms with Crippen molar-refractivity contribution in [3.8, 4) is 5.75 Å². The molecule has 0 unspecified atom stereocenters. The second-order valence-electron chi connectivity index (χ2n) is 5.04. The largest absolute Gasteiger partial charge is 0.490 e. The number of rotatable bonds is 7. The molecule has 3 rings (SSSR count). The quantitative estimate of drug-likeness (QED) is 0.377. The lowest BCUT2D eigenvalue weighted by Crippen LogP contribution is -2.08. The Balaban J connectivity index is 1.64. The Hall–Kier alpha value is -3.14. The van der Waals surface area contributed by atoms with Crippen molar-refractivity contribution < 1.29 is 9.57 Å². The molecule has 0 aliphatic carbocycles. The first-order valence-electron chi connectivity index (χ1n) is 7.77. The summed E-state index contributed by atoms with van der Waals surface area (Å²) in [6.07, 6.45) is 3.51. The summed E-state index contributed by atoms with van der Waals surface area (Å²) >= 11 is 0. The number of aromatic nitrogens is 1. The highest BCUT2D eigenvalue weighted by atomic mass is 16.6. The number of hydrogen-bond acceptors (Lipinski definition) is 4. The smallest absolute Gasteiger partial charge is 0.151 e. The van der Waals surface area contributed by atoms with E-state index < -0.39 is 0 Å². The fourth-order valence-corrected chi connectivity index (χ4v) is 2.19. The Bertz CT molecular complexity index is 718. The minimum atomic E-state index is 0.367. The van der Waals surface area contributed by atoms with E-state index >= 15 is 0 Å². The van der Waals surface area contributed by atoms with Crippen LogP contribution in [0.4, 0.5) is 0 Å². The molecule has 0 fully saturated rings. The molecule has 1 heterocycles. The van der Waals surface area contributed by atoms with E-state index in [2.05, 4.69) is 10.1 Å². The molecule has 120 valence electrons. The second kappa shape index (κ2) is 8.48. The van der Waals surface area contributed by atoms with Crippen LogP contribution >= 0.6 is 0 Å². The molecule has 4 nitrogen and oxygen atoms in total. The monoisotopic (exact) mass is 318 g/mol. The molecule has 3 aromatic rings. The SMILES string of the molecule is c1ccc(OCCON=C(c2ccccc2)c2cccnc2)cc1. The summed E-state index contributed by atoms with van der Waals surface area (Å²) in [6, 6.07) is 23.4. The molecule has 0 atom stereocenters. The summed E-state index contributed by atoms with van der Waals surface area (Å²) in [5.41, 5.74) is 2.64. The third-order valence-electron chi connectivity index (χ3n) is 3.32. The lowest BCUT2D eigenvalue weighted by molar-refractivity contribution is 0.107. The van der Waals surface area contributed by atoms with Crippen LogP contribution in [0.1, 0.15) is 11.1 Å². The number of pyridine rings is 1. The van der Waals surface area contributed by atoms with E-state index in [4.69, 9.17) is 9.57 Å². The zero-order valence-electron chi connectivity index (χ0n) is 13.2. The van der Waals surface area contributed by atoms with E-state index in [0.717, 1.165) is 22.6 Å². The highest BCUT2D eigenvalue weighted by molar-refractivity contribution is 6.12. The van der Waals surface area contributed by atoms with Gasteiger partial charge >= 0.3 is 0 Å². The predicted molar refractivity (Wildman–Crippen MR) is 94.2 cm³/mol. The topological polar surface area (TPSA) is 43.7 Å². The molecule has 24 heavy (non-hydrogen) atoms. The van der Waals surface area contributed by atoms with Crippen LogP contribution in [0.15, 0.2) is 90.3 Å². The Morgan fingerprint density at radius 1 is 0.792 bits per heavy atom. The maximum atomic E-state index is 5.59. The fraction of sp³-hybridized carbons (Fsp3) is 0.100. The van der Waals surface area contributed by atoms with E-state index in [-0.39, 0.29) is 0 Å². The van der Waals surface area contributed by atoms with Crippen molar-refractivity contribution in [3.05, 3.63) is 96.3 Å². The molecule has 2 aromatic carbocycles. The van der Waals surface area contributed by atoms with Gasteiger partial charge in [0.2, 0.25) is 0 Å². The van der Waals surface area contributed by atoms with Crippen molar-refractivity contribution in [3.63, 3.8) is 0 Å². The number of para-hydroxylation sites is 1. The second-order valence-corrected chi connectivity index (χ2v) is 5.04. The molecule has 4 heteroatoms. The average molecular weight is 318 g/mol. The molecular weight excluding hydrogens is 300 g/mol. The van der Waals surface area contributed by atoms with Gasteiger partial charge in [0.05, 0.1) is 0 Å². The van der Waals surface area contributed by atoms with Crippen LogP contribution in [0, 0.1) is 0 Å². The van der Waals surface area contributed by atoms with Crippen molar-refractivity contribution in [1.82, 2.24) is 4.98 Å². The molecule has 0 aliphatic heterocycles. The van der Waals surface area contributed by atoms with Gasteiger partial charge in [-0.1, -0.05) is 53.7 Å².